The van der Waals surface area contributed by atoms with E-state index < -0.39 is 16.2 Å². The van der Waals surface area contributed by atoms with Crippen molar-refractivity contribution in [2.45, 2.75) is 37.0 Å². The summed E-state index contributed by atoms with van der Waals surface area (Å²) < 4.78 is 6.73. The fourth-order valence-electron chi connectivity index (χ4n) is 19.4. The average molecular weight is 1340 g/mol. The highest BCUT2D eigenvalue weighted by atomic mass is 16.3. The molecule has 4 aliphatic rings. The molecule has 1 aromatic heterocycles. The molecule has 0 radical (unpaired) electrons. The van der Waals surface area contributed by atoms with Crippen LogP contribution in [0.3, 0.4) is 0 Å². The van der Waals surface area contributed by atoms with Gasteiger partial charge in [-0.1, -0.05) is 302 Å². The summed E-state index contributed by atoms with van der Waals surface area (Å²) in [5.41, 5.74) is 37.6. The van der Waals surface area contributed by atoms with E-state index in [-0.39, 0.29) is 0 Å². The van der Waals surface area contributed by atoms with Crippen molar-refractivity contribution in [3.8, 4) is 55.6 Å². The minimum absolute atomic E-state index is 0.506. The van der Waals surface area contributed by atoms with Crippen molar-refractivity contribution in [1.82, 2.24) is 0 Å². The summed E-state index contributed by atoms with van der Waals surface area (Å²) in [6, 6.07) is 139. The third kappa shape index (κ3) is 8.61. The van der Waals surface area contributed by atoms with Crippen molar-refractivity contribution < 1.29 is 4.42 Å². The maximum Gasteiger partial charge on any atom is 0.137 e. The molecule has 0 amide bonds. The summed E-state index contributed by atoms with van der Waals surface area (Å²) in [7, 11) is 0. The van der Waals surface area contributed by atoms with Crippen LogP contribution in [0, 0.1) is 20.8 Å². The monoisotopic (exact) mass is 1340 g/mol. The van der Waals surface area contributed by atoms with Gasteiger partial charge in [0.25, 0.3) is 0 Å². The zero-order valence-electron chi connectivity index (χ0n) is 58.5. The molecule has 0 saturated carbocycles. The lowest BCUT2D eigenvalue weighted by molar-refractivity contribution is 0.669. The highest BCUT2D eigenvalue weighted by Gasteiger charge is 2.53. The van der Waals surface area contributed by atoms with E-state index in [0.717, 1.165) is 72.8 Å². The number of para-hydroxylation sites is 1. The van der Waals surface area contributed by atoms with Crippen molar-refractivity contribution in [2.75, 3.05) is 9.80 Å². The van der Waals surface area contributed by atoms with Crippen molar-refractivity contribution in [3.63, 3.8) is 0 Å². The van der Waals surface area contributed by atoms with Gasteiger partial charge in [-0.05, 0) is 216 Å². The van der Waals surface area contributed by atoms with Gasteiger partial charge in [-0.25, -0.2) is 0 Å². The molecule has 0 unspecified atom stereocenters. The largest absolute Gasteiger partial charge is 0.456 e. The molecule has 0 atom stereocenters. The first-order valence-corrected chi connectivity index (χ1v) is 36.7. The van der Waals surface area contributed by atoms with E-state index in [4.69, 9.17) is 4.42 Å². The Balaban J connectivity index is 0.745. The lowest BCUT2D eigenvalue weighted by Gasteiger charge is -2.36. The molecular weight excluding hydrogens is 1270 g/mol. The Bertz CT molecular complexity index is 6070. The zero-order chi connectivity index (χ0) is 69.7. The molecule has 3 nitrogen and oxygen atoms in total. The number of hydrogen-bond donors (Lipinski definition) is 0. The minimum atomic E-state index is -0.614. The van der Waals surface area contributed by atoms with Gasteiger partial charge in [-0.3, -0.25) is 0 Å². The number of anilines is 6. The van der Waals surface area contributed by atoms with Gasteiger partial charge in [0.1, 0.15) is 11.2 Å². The van der Waals surface area contributed by atoms with Crippen LogP contribution < -0.4 is 9.80 Å². The predicted octanol–water partition coefficient (Wildman–Crippen LogP) is 26.2. The number of nitrogens with zero attached hydrogens (tertiary/aromatic N) is 2. The molecule has 16 aromatic carbocycles. The van der Waals surface area contributed by atoms with Gasteiger partial charge in [0, 0.05) is 50.8 Å². The Labute approximate surface area is 612 Å². The standard InChI is InChI=1S/C102H70N2O/c1-65-43-53-81-83-56-50-75(62-94(83)100(92(81)59-65,69-25-8-4-9-26-69)70-27-10-5-11-28-70)103(76-51-57-84-82-54-44-66(2)60-93(82)101(95(84)63-76,71-29-12-6-13-30-71)72-31-14-7-15-32-72)74-49-55-78(67(3)61-74)68-45-47-73(48-46-68)104(77-52-58-86-85-35-19-23-42-97(85)105-98(86)64-77)96-41-24-40-91-99(96)87-36-18-22-39-90(87)102(91)88-37-20-16-33-79(88)80-34-17-21-38-89(80)102/h4-64H,1-3H3. The first-order chi connectivity index (χ1) is 51.8. The minimum Gasteiger partial charge on any atom is -0.456 e. The normalized spacial score (nSPS) is 13.9. The first kappa shape index (κ1) is 60.7. The maximum absolute atomic E-state index is 6.73. The molecule has 0 fully saturated rings. The van der Waals surface area contributed by atoms with Gasteiger partial charge in [0.05, 0.1) is 21.9 Å². The fourth-order valence-corrected chi connectivity index (χ4v) is 19.4. The van der Waals surface area contributed by atoms with Crippen LogP contribution in [0.15, 0.2) is 374 Å². The van der Waals surface area contributed by atoms with Gasteiger partial charge < -0.3 is 14.2 Å². The molecule has 1 heterocycles. The van der Waals surface area contributed by atoms with Crippen molar-refractivity contribution in [2.24, 2.45) is 0 Å². The Morgan fingerprint density at radius 1 is 0.229 bits per heavy atom. The van der Waals surface area contributed by atoms with E-state index in [1.165, 1.54) is 122 Å². The summed E-state index contributed by atoms with van der Waals surface area (Å²) in [6.07, 6.45) is 0. The number of fused-ring (bicyclic) bond motifs is 19. The van der Waals surface area contributed by atoms with E-state index in [1.807, 2.05) is 0 Å². The third-order valence-electron chi connectivity index (χ3n) is 23.7. The number of benzene rings is 16. The lowest BCUT2D eigenvalue weighted by Crippen LogP contribution is -2.29. The summed E-state index contributed by atoms with van der Waals surface area (Å²) in [5, 5.41) is 2.20. The SMILES string of the molecule is Cc1ccc2c(c1)C(c1ccccc1)(c1ccccc1)c1cc(N(c3ccc(-c4ccc(N(c5ccc6c(c5)oc5ccccc56)c5cccc6c5-c5ccccc5C65c6ccccc6-c6ccccc65)cc4)c(C)c3)c3ccc4c(c3)C(c3ccccc3)(c3ccccc3)c3cc(C)ccc3-4)ccc1-2. The smallest absolute Gasteiger partial charge is 0.137 e. The zero-order valence-corrected chi connectivity index (χ0v) is 58.5. The molecule has 0 aliphatic heterocycles. The van der Waals surface area contributed by atoms with Crippen LogP contribution in [0.25, 0.3) is 77.6 Å². The predicted molar refractivity (Wildman–Crippen MR) is 434 cm³/mol. The number of hydrogen-bond acceptors (Lipinski definition) is 3. The summed E-state index contributed by atoms with van der Waals surface area (Å²) >= 11 is 0. The molecule has 0 bridgehead atoms. The van der Waals surface area contributed by atoms with Crippen LogP contribution in [0.4, 0.5) is 34.1 Å². The van der Waals surface area contributed by atoms with E-state index in [1.54, 1.807) is 0 Å². The highest BCUT2D eigenvalue weighted by molar-refractivity contribution is 6.07. The van der Waals surface area contributed by atoms with Crippen molar-refractivity contribution in [3.05, 3.63) is 454 Å². The second-order valence-electron chi connectivity index (χ2n) is 29.1. The van der Waals surface area contributed by atoms with Gasteiger partial charge in [-0.2, -0.15) is 0 Å². The number of aryl methyl sites for hydroxylation is 3. The molecule has 0 saturated heterocycles. The quantitative estimate of drug-likeness (QED) is 0.129. The Hall–Kier alpha value is -13.1. The van der Waals surface area contributed by atoms with Crippen LogP contribution in [0.2, 0.25) is 0 Å². The maximum atomic E-state index is 6.73. The molecular formula is C102H70N2O. The van der Waals surface area contributed by atoms with Crippen LogP contribution in [-0.4, -0.2) is 0 Å². The first-order valence-electron chi connectivity index (χ1n) is 36.7. The summed E-state index contributed by atoms with van der Waals surface area (Å²) in [5.74, 6) is 0. The average Bonchev–Trinajstić information content (AvgIpc) is 1.51. The van der Waals surface area contributed by atoms with Crippen LogP contribution in [0.1, 0.15) is 83.5 Å². The molecule has 3 heteroatoms. The second-order valence-corrected chi connectivity index (χ2v) is 29.1. The van der Waals surface area contributed by atoms with Gasteiger partial charge in [-0.15, -0.1) is 0 Å². The number of furan rings is 1. The second kappa shape index (κ2) is 23.2. The molecule has 17 aromatic rings. The molecule has 4 aliphatic carbocycles. The lowest BCUT2D eigenvalue weighted by atomic mass is 9.67. The topological polar surface area (TPSA) is 19.6 Å². The Morgan fingerprint density at radius 2 is 0.610 bits per heavy atom. The van der Waals surface area contributed by atoms with Crippen LogP contribution in [0.5, 0.6) is 0 Å². The van der Waals surface area contributed by atoms with Crippen molar-refractivity contribution >= 4 is 56.1 Å². The van der Waals surface area contributed by atoms with Gasteiger partial charge >= 0.3 is 0 Å². The van der Waals surface area contributed by atoms with E-state index >= 15 is 0 Å². The molecule has 1 spiro atoms. The highest BCUT2D eigenvalue weighted by Crippen LogP contribution is 2.66. The van der Waals surface area contributed by atoms with E-state index in [2.05, 4.69) is 401 Å². The molecule has 105 heavy (non-hydrogen) atoms. The number of rotatable bonds is 11. The Morgan fingerprint density at radius 3 is 1.13 bits per heavy atom. The van der Waals surface area contributed by atoms with Gasteiger partial charge in [0.2, 0.25) is 0 Å². The van der Waals surface area contributed by atoms with Gasteiger partial charge in [0.15, 0.2) is 0 Å². The Kier molecular flexibility index (Phi) is 13.4. The van der Waals surface area contributed by atoms with E-state index in [9.17, 15) is 0 Å². The fraction of sp³-hybridized carbons (Fsp3) is 0.0588. The molecule has 494 valence electrons. The van der Waals surface area contributed by atoms with E-state index in [0.29, 0.717) is 0 Å². The van der Waals surface area contributed by atoms with Crippen LogP contribution >= 0.6 is 0 Å². The molecule has 21 rings (SSSR count). The van der Waals surface area contributed by atoms with Crippen molar-refractivity contribution in [1.29, 1.82) is 0 Å². The third-order valence-corrected chi connectivity index (χ3v) is 23.7. The molecule has 0 N–H and O–H groups in total. The summed E-state index contributed by atoms with van der Waals surface area (Å²) in [6.45, 7) is 6.74. The van der Waals surface area contributed by atoms with Crippen LogP contribution in [-0.2, 0) is 16.2 Å². The summed E-state index contributed by atoms with van der Waals surface area (Å²) in [4.78, 5) is 5.00.